The predicted octanol–water partition coefficient (Wildman–Crippen LogP) is 5.25. The molecule has 1 amide bonds. The zero-order valence-electron chi connectivity index (χ0n) is 12.6. The van der Waals surface area contributed by atoms with Crippen LogP contribution in [0.15, 0.2) is 24.4 Å². The van der Waals surface area contributed by atoms with Crippen LogP contribution in [0.2, 0.25) is 5.02 Å². The highest BCUT2D eigenvalue weighted by Gasteiger charge is 2.34. The molecule has 0 bridgehead atoms. The molecular weight excluding hydrogens is 333 g/mol. The Morgan fingerprint density at radius 2 is 1.87 bits per heavy atom. The van der Waals surface area contributed by atoms with Gasteiger partial charge in [0.15, 0.2) is 5.69 Å². The molecule has 4 nitrogen and oxygen atoms in total. The van der Waals surface area contributed by atoms with Crippen LogP contribution < -0.4 is 5.32 Å². The lowest BCUT2D eigenvalue weighted by atomic mass is 10.1. The number of alkyl halides is 3. The summed E-state index contributed by atoms with van der Waals surface area (Å²) in [6.07, 6.45) is -4.38. The monoisotopic (exact) mass is 346 g/mol. The van der Waals surface area contributed by atoms with E-state index in [4.69, 9.17) is 16.3 Å². The Kier molecular flexibility index (Phi) is 4.43. The number of nitrogens with one attached hydrogen (secondary N) is 1. The number of anilines is 1. The molecule has 1 N–H and O–H groups in total. The molecule has 0 unspecified atom stereocenters. The molecule has 2 aromatic rings. The van der Waals surface area contributed by atoms with Gasteiger partial charge in [-0.25, -0.2) is 4.79 Å². The molecule has 0 fully saturated rings. The lowest BCUT2D eigenvalue weighted by Crippen LogP contribution is -2.27. The first-order chi connectivity index (χ1) is 10.5. The lowest BCUT2D eigenvalue weighted by Gasteiger charge is -2.20. The SMILES string of the molecule is CC(C)(C)OC(=O)Nc1cc(Cl)c2ccnc(C(F)(F)F)c2c1. The van der Waals surface area contributed by atoms with Crippen molar-refractivity contribution in [2.45, 2.75) is 32.5 Å². The number of hydrogen-bond donors (Lipinski definition) is 1. The third kappa shape index (κ3) is 4.25. The second-order valence-electron chi connectivity index (χ2n) is 5.84. The van der Waals surface area contributed by atoms with Gasteiger partial charge in [-0.15, -0.1) is 0 Å². The summed E-state index contributed by atoms with van der Waals surface area (Å²) in [6.45, 7) is 5.02. The fourth-order valence-electron chi connectivity index (χ4n) is 1.96. The molecule has 0 spiro atoms. The molecule has 0 atom stereocenters. The number of pyridine rings is 1. The van der Waals surface area contributed by atoms with Gasteiger partial charge >= 0.3 is 12.3 Å². The van der Waals surface area contributed by atoms with Gasteiger partial charge in [-0.1, -0.05) is 11.6 Å². The second-order valence-corrected chi connectivity index (χ2v) is 6.24. The Morgan fingerprint density at radius 1 is 1.22 bits per heavy atom. The Hall–Kier alpha value is -2.02. The number of nitrogens with zero attached hydrogens (tertiary/aromatic N) is 1. The molecule has 1 heterocycles. The number of benzene rings is 1. The summed E-state index contributed by atoms with van der Waals surface area (Å²) in [5, 5.41) is 2.44. The zero-order valence-corrected chi connectivity index (χ0v) is 13.3. The van der Waals surface area contributed by atoms with Gasteiger partial charge < -0.3 is 4.74 Å². The summed E-state index contributed by atoms with van der Waals surface area (Å²) in [7, 11) is 0. The van der Waals surface area contributed by atoms with Crippen molar-refractivity contribution < 1.29 is 22.7 Å². The van der Waals surface area contributed by atoms with E-state index in [2.05, 4.69) is 10.3 Å². The Bertz CT molecular complexity index is 755. The van der Waals surface area contributed by atoms with Crippen molar-refractivity contribution >= 4 is 34.2 Å². The maximum absolute atomic E-state index is 13.0. The number of halogens is 4. The average Bonchev–Trinajstić information content (AvgIpc) is 2.34. The van der Waals surface area contributed by atoms with Crippen molar-refractivity contribution in [3.05, 3.63) is 35.1 Å². The highest BCUT2D eigenvalue weighted by molar-refractivity contribution is 6.36. The summed E-state index contributed by atoms with van der Waals surface area (Å²) in [5.74, 6) is 0. The van der Waals surface area contributed by atoms with Gasteiger partial charge in [0, 0.05) is 22.7 Å². The summed E-state index contributed by atoms with van der Waals surface area (Å²) in [5.41, 5.74) is -1.70. The van der Waals surface area contributed by atoms with Crippen molar-refractivity contribution in [2.75, 3.05) is 5.32 Å². The lowest BCUT2D eigenvalue weighted by molar-refractivity contribution is -0.139. The number of carbonyl (C=O) groups is 1. The number of aromatic nitrogens is 1. The highest BCUT2D eigenvalue weighted by atomic mass is 35.5. The Balaban J connectivity index is 2.46. The van der Waals surface area contributed by atoms with E-state index in [0.717, 1.165) is 6.20 Å². The van der Waals surface area contributed by atoms with Gasteiger partial charge in [0.1, 0.15) is 5.60 Å². The van der Waals surface area contributed by atoms with Gasteiger partial charge in [0.25, 0.3) is 0 Å². The van der Waals surface area contributed by atoms with E-state index in [1.54, 1.807) is 20.8 Å². The molecule has 1 aromatic heterocycles. The summed E-state index contributed by atoms with van der Waals surface area (Å²) >= 11 is 6.01. The molecule has 23 heavy (non-hydrogen) atoms. The number of rotatable bonds is 1. The fourth-order valence-corrected chi connectivity index (χ4v) is 2.24. The highest BCUT2D eigenvalue weighted by Crippen LogP contribution is 2.37. The van der Waals surface area contributed by atoms with Crippen LogP contribution in [0.1, 0.15) is 26.5 Å². The minimum Gasteiger partial charge on any atom is -0.444 e. The maximum Gasteiger partial charge on any atom is 0.433 e. The molecule has 0 aliphatic heterocycles. The van der Waals surface area contributed by atoms with E-state index in [-0.39, 0.29) is 21.5 Å². The van der Waals surface area contributed by atoms with Crippen LogP contribution in [-0.4, -0.2) is 16.7 Å². The van der Waals surface area contributed by atoms with Crippen LogP contribution in [0.5, 0.6) is 0 Å². The number of fused-ring (bicyclic) bond motifs is 1. The first kappa shape index (κ1) is 17.3. The van der Waals surface area contributed by atoms with E-state index < -0.39 is 23.6 Å². The normalized spacial score (nSPS) is 12.3. The molecule has 2 rings (SSSR count). The van der Waals surface area contributed by atoms with Crippen molar-refractivity contribution in [1.82, 2.24) is 4.98 Å². The smallest absolute Gasteiger partial charge is 0.433 e. The predicted molar refractivity (Wildman–Crippen MR) is 81.6 cm³/mol. The molecule has 8 heteroatoms. The van der Waals surface area contributed by atoms with Crippen molar-refractivity contribution in [2.24, 2.45) is 0 Å². The maximum atomic E-state index is 13.0. The summed E-state index contributed by atoms with van der Waals surface area (Å²) in [4.78, 5) is 15.1. The molecule has 0 radical (unpaired) electrons. The summed E-state index contributed by atoms with van der Waals surface area (Å²) < 4.78 is 44.2. The Morgan fingerprint density at radius 3 is 2.43 bits per heavy atom. The van der Waals surface area contributed by atoms with E-state index in [0.29, 0.717) is 0 Å². The van der Waals surface area contributed by atoms with Crippen LogP contribution in [0.4, 0.5) is 23.7 Å². The van der Waals surface area contributed by atoms with Gasteiger partial charge in [-0.2, -0.15) is 13.2 Å². The van der Waals surface area contributed by atoms with Crippen molar-refractivity contribution in [1.29, 1.82) is 0 Å². The first-order valence-electron chi connectivity index (χ1n) is 6.63. The fraction of sp³-hybridized carbons (Fsp3) is 0.333. The van der Waals surface area contributed by atoms with Crippen LogP contribution in [0.3, 0.4) is 0 Å². The van der Waals surface area contributed by atoms with E-state index >= 15 is 0 Å². The molecule has 0 saturated heterocycles. The number of amides is 1. The molecule has 0 aliphatic carbocycles. The first-order valence-corrected chi connectivity index (χ1v) is 7.00. The third-order valence-corrected chi connectivity index (χ3v) is 3.06. The van der Waals surface area contributed by atoms with Crippen LogP contribution >= 0.6 is 11.6 Å². The molecular formula is C15H14ClF3N2O2. The van der Waals surface area contributed by atoms with E-state index in [9.17, 15) is 18.0 Å². The van der Waals surface area contributed by atoms with Crippen LogP contribution in [0.25, 0.3) is 10.8 Å². The number of carbonyl (C=O) groups excluding carboxylic acids is 1. The number of ether oxygens (including phenoxy) is 1. The largest absolute Gasteiger partial charge is 0.444 e. The van der Waals surface area contributed by atoms with Crippen molar-refractivity contribution in [3.63, 3.8) is 0 Å². The van der Waals surface area contributed by atoms with E-state index in [1.807, 2.05) is 0 Å². The molecule has 0 saturated carbocycles. The topological polar surface area (TPSA) is 51.2 Å². The molecule has 124 valence electrons. The zero-order chi connectivity index (χ0) is 17.4. The molecule has 0 aliphatic rings. The average molecular weight is 347 g/mol. The standard InChI is InChI=1S/C15H14ClF3N2O2/c1-14(2,3)23-13(22)21-8-6-10-9(11(16)7-8)4-5-20-12(10)15(17,18)19/h4-7H,1-3H3,(H,21,22). The minimum absolute atomic E-state index is 0.0708. The quantitative estimate of drug-likeness (QED) is 0.766. The van der Waals surface area contributed by atoms with Gasteiger partial charge in [-0.3, -0.25) is 10.3 Å². The van der Waals surface area contributed by atoms with E-state index in [1.165, 1.54) is 18.2 Å². The van der Waals surface area contributed by atoms with Gasteiger partial charge in [0.05, 0.1) is 5.02 Å². The van der Waals surface area contributed by atoms with Crippen molar-refractivity contribution in [3.8, 4) is 0 Å². The van der Waals surface area contributed by atoms with Crippen LogP contribution in [-0.2, 0) is 10.9 Å². The Labute approximate surface area is 135 Å². The third-order valence-electron chi connectivity index (χ3n) is 2.74. The summed E-state index contributed by atoms with van der Waals surface area (Å²) in [6, 6.07) is 3.90. The van der Waals surface area contributed by atoms with Crippen LogP contribution in [0, 0.1) is 0 Å². The second kappa shape index (κ2) is 5.88. The number of hydrogen-bond acceptors (Lipinski definition) is 3. The minimum atomic E-state index is -4.63. The van der Waals surface area contributed by atoms with Gasteiger partial charge in [0.2, 0.25) is 0 Å². The molecule has 1 aromatic carbocycles. The van der Waals surface area contributed by atoms with Gasteiger partial charge in [-0.05, 0) is 39.0 Å².